The van der Waals surface area contributed by atoms with Crippen molar-refractivity contribution in [2.45, 2.75) is 12.8 Å². The average molecular weight is 258 g/mol. The number of carboxylic acid groups (broad SMARTS) is 1. The van der Waals surface area contributed by atoms with E-state index in [1.54, 1.807) is 19.4 Å². The molecular formula is C14H14N2O3. The van der Waals surface area contributed by atoms with Gasteiger partial charge >= 0.3 is 5.97 Å². The molecule has 0 aliphatic rings. The first-order valence-electron chi connectivity index (χ1n) is 5.88. The molecule has 0 bridgehead atoms. The monoisotopic (exact) mass is 258 g/mol. The average Bonchev–Trinajstić information content (AvgIpc) is 2.45. The predicted octanol–water partition coefficient (Wildman–Crippen LogP) is 2.17. The number of carbonyl (C=O) groups is 1. The van der Waals surface area contributed by atoms with Gasteiger partial charge in [-0.25, -0.2) is 9.97 Å². The number of aliphatic carboxylic acids is 1. The van der Waals surface area contributed by atoms with Crippen molar-refractivity contribution in [3.8, 4) is 17.0 Å². The topological polar surface area (TPSA) is 72.3 Å². The standard InChI is InChI=1S/C14H14N2O3/c1-19-12-5-3-2-4-10(12)11-8-9-15-13(16-11)6-7-14(17)18/h2-5,8-9H,6-7H2,1H3,(H,17,18). The Bertz CT molecular complexity index is 584. The van der Waals surface area contributed by atoms with Crippen molar-refractivity contribution in [2.75, 3.05) is 7.11 Å². The van der Waals surface area contributed by atoms with Gasteiger partial charge in [-0.05, 0) is 18.2 Å². The molecule has 0 atom stereocenters. The summed E-state index contributed by atoms with van der Waals surface area (Å²) in [4.78, 5) is 19.0. The highest BCUT2D eigenvalue weighted by atomic mass is 16.5. The van der Waals surface area contributed by atoms with Crippen LogP contribution in [-0.4, -0.2) is 28.2 Å². The van der Waals surface area contributed by atoms with Crippen LogP contribution in [0.1, 0.15) is 12.2 Å². The fraction of sp³-hybridized carbons (Fsp3) is 0.214. The summed E-state index contributed by atoms with van der Waals surface area (Å²) in [6.45, 7) is 0. The summed E-state index contributed by atoms with van der Waals surface area (Å²) < 4.78 is 5.28. The van der Waals surface area contributed by atoms with Crippen LogP contribution < -0.4 is 4.74 Å². The summed E-state index contributed by atoms with van der Waals surface area (Å²) in [7, 11) is 1.60. The number of nitrogens with zero attached hydrogens (tertiary/aromatic N) is 2. The van der Waals surface area contributed by atoms with Gasteiger partial charge in [0, 0.05) is 18.2 Å². The maximum Gasteiger partial charge on any atom is 0.303 e. The third-order valence-electron chi connectivity index (χ3n) is 2.65. The van der Waals surface area contributed by atoms with Crippen molar-refractivity contribution in [3.05, 3.63) is 42.4 Å². The smallest absolute Gasteiger partial charge is 0.303 e. The lowest BCUT2D eigenvalue weighted by atomic mass is 10.1. The molecule has 0 spiro atoms. The van der Waals surface area contributed by atoms with Gasteiger partial charge < -0.3 is 9.84 Å². The molecule has 1 aromatic carbocycles. The first-order valence-corrected chi connectivity index (χ1v) is 5.88. The molecule has 5 nitrogen and oxygen atoms in total. The molecule has 0 radical (unpaired) electrons. The van der Waals surface area contributed by atoms with E-state index in [1.807, 2.05) is 24.3 Å². The molecular weight excluding hydrogens is 244 g/mol. The maximum absolute atomic E-state index is 10.6. The second-order valence-corrected chi connectivity index (χ2v) is 3.95. The Morgan fingerprint density at radius 3 is 2.84 bits per heavy atom. The maximum atomic E-state index is 10.6. The van der Waals surface area contributed by atoms with Crippen LogP contribution in [0, 0.1) is 0 Å². The normalized spacial score (nSPS) is 10.2. The van der Waals surface area contributed by atoms with Crippen molar-refractivity contribution in [1.82, 2.24) is 9.97 Å². The highest BCUT2D eigenvalue weighted by Crippen LogP contribution is 2.27. The fourth-order valence-corrected chi connectivity index (χ4v) is 1.74. The quantitative estimate of drug-likeness (QED) is 0.889. The van der Waals surface area contributed by atoms with E-state index in [9.17, 15) is 4.79 Å². The molecule has 98 valence electrons. The van der Waals surface area contributed by atoms with Gasteiger partial charge in [-0.2, -0.15) is 0 Å². The second-order valence-electron chi connectivity index (χ2n) is 3.95. The number of rotatable bonds is 5. The number of carboxylic acids is 1. The van der Waals surface area contributed by atoms with Gasteiger partial charge in [-0.15, -0.1) is 0 Å². The lowest BCUT2D eigenvalue weighted by molar-refractivity contribution is -0.137. The Balaban J connectivity index is 2.29. The molecule has 5 heteroatoms. The van der Waals surface area contributed by atoms with Gasteiger partial charge in [0.25, 0.3) is 0 Å². The number of ether oxygens (including phenoxy) is 1. The highest BCUT2D eigenvalue weighted by molar-refractivity contribution is 5.68. The van der Waals surface area contributed by atoms with E-state index in [-0.39, 0.29) is 6.42 Å². The number of para-hydroxylation sites is 1. The SMILES string of the molecule is COc1ccccc1-c1ccnc(CCC(=O)O)n1. The zero-order chi connectivity index (χ0) is 13.7. The van der Waals surface area contributed by atoms with Gasteiger partial charge in [-0.1, -0.05) is 12.1 Å². The van der Waals surface area contributed by atoms with E-state index < -0.39 is 5.97 Å². The largest absolute Gasteiger partial charge is 0.496 e. The third kappa shape index (κ3) is 3.28. The molecule has 2 aromatic rings. The lowest BCUT2D eigenvalue weighted by Gasteiger charge is -2.08. The molecule has 0 saturated carbocycles. The Kier molecular flexibility index (Phi) is 4.07. The molecule has 1 N–H and O–H groups in total. The number of aryl methyl sites for hydroxylation is 1. The van der Waals surface area contributed by atoms with Gasteiger partial charge in [0.15, 0.2) is 0 Å². The zero-order valence-corrected chi connectivity index (χ0v) is 10.5. The minimum absolute atomic E-state index is 0.0232. The molecule has 19 heavy (non-hydrogen) atoms. The highest BCUT2D eigenvalue weighted by Gasteiger charge is 2.08. The number of benzene rings is 1. The first kappa shape index (κ1) is 13.0. The molecule has 0 amide bonds. The molecule has 1 heterocycles. The number of aromatic nitrogens is 2. The van der Waals surface area contributed by atoms with Crippen molar-refractivity contribution in [1.29, 1.82) is 0 Å². The van der Waals surface area contributed by atoms with Crippen LogP contribution in [0.15, 0.2) is 36.5 Å². The Hall–Kier alpha value is -2.43. The number of hydrogen-bond acceptors (Lipinski definition) is 4. The predicted molar refractivity (Wildman–Crippen MR) is 70.0 cm³/mol. The van der Waals surface area contributed by atoms with Crippen LogP contribution >= 0.6 is 0 Å². The van der Waals surface area contributed by atoms with Crippen molar-refractivity contribution in [2.24, 2.45) is 0 Å². The minimum Gasteiger partial charge on any atom is -0.496 e. The summed E-state index contributed by atoms with van der Waals surface area (Å²) in [6, 6.07) is 9.32. The van der Waals surface area contributed by atoms with Crippen LogP contribution in [-0.2, 0) is 11.2 Å². The fourth-order valence-electron chi connectivity index (χ4n) is 1.74. The number of hydrogen-bond donors (Lipinski definition) is 1. The molecule has 0 saturated heterocycles. The lowest BCUT2D eigenvalue weighted by Crippen LogP contribution is -2.02. The molecule has 0 aliphatic heterocycles. The summed E-state index contributed by atoms with van der Waals surface area (Å²) in [5, 5.41) is 8.67. The second kappa shape index (κ2) is 5.95. The van der Waals surface area contributed by atoms with E-state index in [4.69, 9.17) is 9.84 Å². The van der Waals surface area contributed by atoms with E-state index in [1.165, 1.54) is 0 Å². The Morgan fingerprint density at radius 2 is 2.11 bits per heavy atom. The summed E-state index contributed by atoms with van der Waals surface area (Å²) >= 11 is 0. The van der Waals surface area contributed by atoms with Crippen molar-refractivity contribution < 1.29 is 14.6 Å². The third-order valence-corrected chi connectivity index (χ3v) is 2.65. The Labute approximate surface area is 110 Å². The van der Waals surface area contributed by atoms with Gasteiger partial charge in [0.05, 0.1) is 19.2 Å². The van der Waals surface area contributed by atoms with Gasteiger partial charge in [-0.3, -0.25) is 4.79 Å². The van der Waals surface area contributed by atoms with Crippen LogP contribution in [0.5, 0.6) is 5.75 Å². The molecule has 0 fully saturated rings. The Morgan fingerprint density at radius 1 is 1.32 bits per heavy atom. The van der Waals surface area contributed by atoms with Crippen LogP contribution in [0.3, 0.4) is 0 Å². The number of methoxy groups -OCH3 is 1. The summed E-state index contributed by atoms with van der Waals surface area (Å²) in [5.41, 5.74) is 1.59. The van der Waals surface area contributed by atoms with Crippen LogP contribution in [0.4, 0.5) is 0 Å². The summed E-state index contributed by atoms with van der Waals surface area (Å²) in [5.74, 6) is 0.391. The summed E-state index contributed by atoms with van der Waals surface area (Å²) in [6.07, 6.45) is 1.97. The van der Waals surface area contributed by atoms with Crippen molar-refractivity contribution >= 4 is 5.97 Å². The molecule has 0 unspecified atom stereocenters. The van der Waals surface area contributed by atoms with Gasteiger partial charge in [0.1, 0.15) is 11.6 Å². The van der Waals surface area contributed by atoms with E-state index in [0.29, 0.717) is 12.2 Å². The van der Waals surface area contributed by atoms with E-state index in [2.05, 4.69) is 9.97 Å². The first-order chi connectivity index (χ1) is 9.20. The van der Waals surface area contributed by atoms with E-state index >= 15 is 0 Å². The van der Waals surface area contributed by atoms with Crippen LogP contribution in [0.25, 0.3) is 11.3 Å². The molecule has 1 aromatic heterocycles. The van der Waals surface area contributed by atoms with Crippen molar-refractivity contribution in [3.63, 3.8) is 0 Å². The minimum atomic E-state index is -0.855. The zero-order valence-electron chi connectivity index (χ0n) is 10.5. The van der Waals surface area contributed by atoms with E-state index in [0.717, 1.165) is 17.0 Å². The van der Waals surface area contributed by atoms with Crippen LogP contribution in [0.2, 0.25) is 0 Å². The van der Waals surface area contributed by atoms with Gasteiger partial charge in [0.2, 0.25) is 0 Å². The molecule has 0 aliphatic carbocycles. The molecule has 2 rings (SSSR count).